The Hall–Kier alpha value is -7.01. The Morgan fingerprint density at radius 1 is 0.704 bits per heavy atom. The number of carbonyl (C=O) groups is 2. The monoisotopic (exact) mass is 1000 g/mol. The number of fused-ring (bicyclic) bond motifs is 2. The number of carboxylic acids is 1. The maximum absolute atomic E-state index is 12.7. The normalized spacial score (nSPS) is 20.8. The first kappa shape index (κ1) is 50.4. The maximum Gasteiger partial charge on any atom is 0.354 e. The zero-order valence-electron chi connectivity index (χ0n) is 40.6. The number of amides is 1. The second-order valence-electron chi connectivity index (χ2n) is 18.5. The molecule has 10 N–H and O–H groups in total. The number of nitrogens with two attached hydrogens (primary N) is 3. The Labute approximate surface area is 424 Å². The molecule has 4 heterocycles. The number of allylic oxidation sites excluding steroid dienone is 2. The Kier molecular flexibility index (Phi) is 16.5. The van der Waals surface area contributed by atoms with Crippen molar-refractivity contribution in [2.45, 2.75) is 101 Å². The molecular formula is C53H59Cl2FN12O3. The van der Waals surface area contributed by atoms with Gasteiger partial charge in [-0.1, -0.05) is 83.9 Å². The van der Waals surface area contributed by atoms with Crippen molar-refractivity contribution in [2.24, 2.45) is 5.73 Å². The number of nitrogen functional groups attached to an aromatic ring is 2. The molecule has 10 rings (SSSR count). The first-order valence-electron chi connectivity index (χ1n) is 24.0. The van der Waals surface area contributed by atoms with Crippen LogP contribution in [0.5, 0.6) is 0 Å². The van der Waals surface area contributed by atoms with Gasteiger partial charge in [0.1, 0.15) is 11.4 Å². The summed E-state index contributed by atoms with van der Waals surface area (Å²) >= 11 is 12.9. The van der Waals surface area contributed by atoms with Gasteiger partial charge in [0.15, 0.2) is 0 Å². The van der Waals surface area contributed by atoms with E-state index in [0.29, 0.717) is 45.1 Å². The number of nitrogens with one attached hydrogen (secondary N) is 3. The molecule has 2 aromatic carbocycles. The molecule has 4 aliphatic carbocycles. The summed E-state index contributed by atoms with van der Waals surface area (Å²) in [5.74, 6) is -0.0575. The summed E-state index contributed by atoms with van der Waals surface area (Å²) in [5.41, 5.74) is 26.8. The minimum atomic E-state index is -1.04. The molecular weight excluding hydrogens is 943 g/mol. The van der Waals surface area contributed by atoms with Crippen LogP contribution < -0.4 is 33.2 Å². The van der Waals surface area contributed by atoms with E-state index in [2.05, 4.69) is 98.3 Å². The number of halogens is 3. The van der Waals surface area contributed by atoms with E-state index in [-0.39, 0.29) is 28.7 Å². The Bertz CT molecular complexity index is 2930. The van der Waals surface area contributed by atoms with Crippen LogP contribution in [-0.2, 0) is 12.8 Å². The van der Waals surface area contributed by atoms with Crippen molar-refractivity contribution in [1.29, 1.82) is 0 Å². The molecule has 71 heavy (non-hydrogen) atoms. The second kappa shape index (κ2) is 23.3. The number of pyridine rings is 2. The van der Waals surface area contributed by atoms with E-state index < -0.39 is 13.1 Å². The van der Waals surface area contributed by atoms with Gasteiger partial charge in [-0.3, -0.25) is 9.18 Å². The number of anilines is 4. The molecule has 4 aromatic heterocycles. The van der Waals surface area contributed by atoms with E-state index in [1.165, 1.54) is 46.8 Å². The minimum Gasteiger partial charge on any atom is -0.477 e. The van der Waals surface area contributed by atoms with Crippen LogP contribution in [0.4, 0.5) is 27.7 Å². The molecule has 18 heteroatoms. The van der Waals surface area contributed by atoms with Gasteiger partial charge in [-0.25, -0.2) is 34.7 Å². The van der Waals surface area contributed by atoms with Crippen LogP contribution in [0.2, 0.25) is 10.0 Å². The van der Waals surface area contributed by atoms with Gasteiger partial charge in [-0.15, -0.1) is 0 Å². The van der Waals surface area contributed by atoms with Crippen molar-refractivity contribution in [3.8, 4) is 0 Å². The molecule has 0 aliphatic heterocycles. The SMILES string of the molecule is C[C@]1(N)CCC[C@@H](Nc2ncc(Cl)c(C3=CCc4ccccc43)n2)C1.C[C@]1(NC(=O)c2ccc(N)cn2)CCC[C@@H](Nc2ncc(Cl)c(C3=CCc4ccccc43)n2)C1.Nc1ccc(C(=O)O)nc1.[2H]CF. The molecule has 4 atom stereocenters. The lowest BCUT2D eigenvalue weighted by atomic mass is 9.80. The molecule has 4 aliphatic rings. The molecule has 2 fully saturated rings. The van der Waals surface area contributed by atoms with E-state index >= 15 is 0 Å². The summed E-state index contributed by atoms with van der Waals surface area (Å²) < 4.78 is 15.5. The topological polar surface area (TPSA) is 246 Å². The molecule has 370 valence electrons. The zero-order chi connectivity index (χ0) is 51.4. The number of carbonyl (C=O) groups excluding carboxylic acids is 1. The lowest BCUT2D eigenvalue weighted by Crippen LogP contribution is -2.51. The Morgan fingerprint density at radius 3 is 1.66 bits per heavy atom. The van der Waals surface area contributed by atoms with Gasteiger partial charge in [0, 0.05) is 34.3 Å². The first-order valence-corrected chi connectivity index (χ1v) is 24.1. The van der Waals surface area contributed by atoms with Gasteiger partial charge in [-0.05, 0) is 125 Å². The van der Waals surface area contributed by atoms with Crippen molar-refractivity contribution in [3.05, 3.63) is 165 Å². The van der Waals surface area contributed by atoms with Gasteiger partial charge in [-0.2, -0.15) is 0 Å². The fourth-order valence-electron chi connectivity index (χ4n) is 9.41. The molecule has 15 nitrogen and oxygen atoms in total. The summed E-state index contributed by atoms with van der Waals surface area (Å²) in [7, 11) is -1.00. The first-order chi connectivity index (χ1) is 34.5. The van der Waals surface area contributed by atoms with Crippen LogP contribution in [-0.4, -0.2) is 77.2 Å². The third-order valence-electron chi connectivity index (χ3n) is 12.8. The summed E-state index contributed by atoms with van der Waals surface area (Å²) in [6.07, 6.45) is 20.1. The van der Waals surface area contributed by atoms with Crippen LogP contribution in [0.3, 0.4) is 0 Å². The van der Waals surface area contributed by atoms with Gasteiger partial charge in [0.2, 0.25) is 11.9 Å². The van der Waals surface area contributed by atoms with E-state index in [9.17, 15) is 14.0 Å². The number of carboxylic acid groups (broad SMARTS) is 1. The highest BCUT2D eigenvalue weighted by Crippen LogP contribution is 2.37. The number of aromatic carboxylic acids is 1. The fraction of sp³-hybridized carbons (Fsp3) is 0.321. The predicted octanol–water partition coefficient (Wildman–Crippen LogP) is 9.78. The molecule has 0 bridgehead atoms. The number of benzene rings is 2. The highest BCUT2D eigenvalue weighted by molar-refractivity contribution is 6.32. The quantitative estimate of drug-likeness (QED) is 0.0713. The molecule has 0 radical (unpaired) electrons. The Morgan fingerprint density at radius 2 is 1.18 bits per heavy atom. The molecule has 0 saturated heterocycles. The maximum atomic E-state index is 12.7. The molecule has 1 amide bonds. The third kappa shape index (κ3) is 13.4. The third-order valence-corrected chi connectivity index (χ3v) is 13.3. The Balaban J connectivity index is 0.000000174. The largest absolute Gasteiger partial charge is 0.477 e. The molecule has 0 spiro atoms. The summed E-state index contributed by atoms with van der Waals surface area (Å²) in [4.78, 5) is 49.0. The number of aromatic nitrogens is 6. The van der Waals surface area contributed by atoms with Crippen LogP contribution in [0, 0.1) is 0 Å². The van der Waals surface area contributed by atoms with E-state index in [4.69, 9.17) is 56.8 Å². The van der Waals surface area contributed by atoms with Crippen molar-refractivity contribution in [2.75, 3.05) is 29.3 Å². The highest BCUT2D eigenvalue weighted by atomic mass is 35.5. The second-order valence-corrected chi connectivity index (χ2v) is 19.4. The van der Waals surface area contributed by atoms with Gasteiger partial charge in [0.05, 0.1) is 66.1 Å². The number of hydrogen-bond acceptors (Lipinski definition) is 13. The zero-order valence-corrected chi connectivity index (χ0v) is 41.1. The summed E-state index contributed by atoms with van der Waals surface area (Å²) in [5, 5.41) is 19.6. The average molecular weight is 1000 g/mol. The van der Waals surface area contributed by atoms with Gasteiger partial charge < -0.3 is 38.3 Å². The lowest BCUT2D eigenvalue weighted by molar-refractivity contribution is 0.0690. The van der Waals surface area contributed by atoms with Crippen LogP contribution >= 0.6 is 23.2 Å². The van der Waals surface area contributed by atoms with Gasteiger partial charge in [0.25, 0.3) is 5.91 Å². The van der Waals surface area contributed by atoms with Crippen LogP contribution in [0.25, 0.3) is 11.1 Å². The van der Waals surface area contributed by atoms with Crippen molar-refractivity contribution in [1.82, 2.24) is 35.2 Å². The van der Waals surface area contributed by atoms with E-state index in [1.54, 1.807) is 24.5 Å². The summed E-state index contributed by atoms with van der Waals surface area (Å²) in [6.45, 7) is 4.19. The number of rotatable bonds is 9. The fourth-order valence-corrected chi connectivity index (χ4v) is 9.79. The average Bonchev–Trinajstić information content (AvgIpc) is 3.98. The van der Waals surface area contributed by atoms with Crippen LogP contribution in [0.15, 0.2) is 110 Å². The molecule has 6 aromatic rings. The number of hydrogen-bond donors (Lipinski definition) is 7. The number of alkyl halides is 1. The molecule has 2 saturated carbocycles. The van der Waals surface area contributed by atoms with Crippen molar-refractivity contribution >= 4 is 69.5 Å². The number of nitrogens with zero attached hydrogens (tertiary/aromatic N) is 6. The predicted molar refractivity (Wildman–Crippen MR) is 280 cm³/mol. The minimum absolute atomic E-state index is 0.00852. The van der Waals surface area contributed by atoms with Crippen molar-refractivity contribution < 1.29 is 20.5 Å². The lowest BCUT2D eigenvalue weighted by Gasteiger charge is -2.39. The molecule has 0 unspecified atom stereocenters. The van der Waals surface area contributed by atoms with Gasteiger partial charge >= 0.3 is 5.97 Å². The van der Waals surface area contributed by atoms with E-state index in [1.807, 2.05) is 12.1 Å². The van der Waals surface area contributed by atoms with Crippen molar-refractivity contribution in [3.63, 3.8) is 0 Å². The standard InChI is InChI=1S/C26H27ClN6O.C20H23ClN4.C6H6N2O2.CH3F/c1-26(33-24(34)22-11-9-17(28)14-29-22)12-4-6-18(13-26)31-25-30-15-21(27)23(32-25)20-10-8-16-5-2-3-7-19(16)20;1-20(22)10-4-6-14(11-20)24-19-23-12-17(21)18(25-19)16-9-8-13-5-2-3-7-15(13)16;7-4-1-2-5(6(9)10)8-3-4;1-2/h2-3,5,7,9-11,14-15,18H,4,6,8,12-13,28H2,1H3,(H,33,34)(H,30,31,32);2-3,5,7,9,12,14H,4,6,8,10-11,22H2,1H3,(H,23,24,25);1-3H,7H2,(H,9,10);1H3/t18-,26+;14-,20+;;/m11../s1/i;;;1D. The van der Waals surface area contributed by atoms with E-state index in [0.717, 1.165) is 86.7 Å². The van der Waals surface area contributed by atoms with Crippen LogP contribution in [0.1, 0.15) is 121 Å². The highest BCUT2D eigenvalue weighted by Gasteiger charge is 2.35. The summed E-state index contributed by atoms with van der Waals surface area (Å²) in [6, 6.07) is 23.3. The smallest absolute Gasteiger partial charge is 0.354 e.